The van der Waals surface area contributed by atoms with E-state index in [0.29, 0.717) is 74.6 Å². The van der Waals surface area contributed by atoms with Gasteiger partial charge in [-0.2, -0.15) is 40.8 Å². The van der Waals surface area contributed by atoms with Crippen molar-refractivity contribution in [3.8, 4) is 87.8 Å². The molecule has 4 aliphatic carbocycles. The van der Waals surface area contributed by atoms with Crippen molar-refractivity contribution >= 4 is 114 Å². The van der Waals surface area contributed by atoms with Crippen LogP contribution < -0.4 is 90.2 Å². The number of nitrogens with one attached hydrogen (secondary N) is 6. The van der Waals surface area contributed by atoms with Crippen LogP contribution >= 0.6 is 61.0 Å². The normalized spacial score (nSPS) is 17.0. The smallest absolute Gasteiger partial charge is 0.790 e. The Bertz CT molecular complexity index is 6780. The molecule has 0 aromatic carbocycles. The van der Waals surface area contributed by atoms with Gasteiger partial charge >= 0.3 is 66.9 Å². The number of halogens is 4. The van der Waals surface area contributed by atoms with Gasteiger partial charge in [-0.3, -0.25) is 77.4 Å². The van der Waals surface area contributed by atoms with E-state index in [1.807, 2.05) is 27.7 Å². The molecular weight excluding hydrogens is 2040 g/mol. The average molecular weight is 2120 g/mol. The SMILES string of the molecule is CCOC1CC(n2cc(NC(=O)c3csc(-c4cn[nH]c4)n3)c(-c3ncccc3F)n2)C1.CCOC1CC(n2cc(NC(=O)c3csc(-c4cn[nH]c4)n3)c(-c3ncccc3F)n2)C1.CCOC1CC(n2cc(NC(=O)c3csc(-c4cnn(COP(=O)(O)O)c4)n3)c(-c3ncccc3F)n2)C1.CCOC1CC(n2cc(NC(=O)c3csc(-c4cnn(COP(=O)([O-])[O-])c4)n3)c(-c3ncccc3F)n2)C1.O=CO.[Na+].[Na+]. The maximum absolute atomic E-state index is 14.6. The van der Waals surface area contributed by atoms with Crippen LogP contribution in [0.25, 0.3) is 87.8 Å². The molecule has 9 N–H and O–H groups in total. The number of amides is 4. The number of carbonyl (C=O) groups excluding carboxylic acids is 4. The molecule has 4 aliphatic rings. The maximum atomic E-state index is 14.6. The van der Waals surface area contributed by atoms with Crippen LogP contribution in [0.5, 0.6) is 0 Å². The fourth-order valence-corrected chi connectivity index (χ4v) is 18.6. The largest absolute Gasteiger partial charge is 1.00 e. The number of pyridine rings is 4. The quantitative estimate of drug-likeness (QED) is 0.00831. The Morgan fingerprint density at radius 3 is 0.924 bits per heavy atom. The Labute approximate surface area is 880 Å². The summed E-state index contributed by atoms with van der Waals surface area (Å²) in [6, 6.07) is 11.5. The summed E-state index contributed by atoms with van der Waals surface area (Å²) in [5.41, 5.74) is 5.83. The summed E-state index contributed by atoms with van der Waals surface area (Å²) in [6.45, 7) is 9.09. The molecule has 4 amide bonds. The van der Waals surface area contributed by atoms with E-state index >= 15 is 0 Å². The maximum Gasteiger partial charge on any atom is 1.00 e. The monoisotopic (exact) mass is 2120 g/mol. The van der Waals surface area contributed by atoms with Crippen molar-refractivity contribution < 1.29 is 162 Å². The minimum atomic E-state index is -5.14. The first-order chi connectivity index (χ1) is 69.0. The summed E-state index contributed by atoms with van der Waals surface area (Å²) in [6.07, 6.45) is 32.0. The molecule has 16 aromatic heterocycles. The number of thiazole rings is 4. The Balaban J connectivity index is 0.000000151. The molecule has 0 atom stereocenters. The second kappa shape index (κ2) is 49.9. The van der Waals surface area contributed by atoms with Crippen molar-refractivity contribution in [3.63, 3.8) is 0 Å². The zero-order chi connectivity index (χ0) is 101. The number of ether oxygens (including phenoxy) is 4. The summed E-state index contributed by atoms with van der Waals surface area (Å²) >= 11 is 5.02. The van der Waals surface area contributed by atoms with Gasteiger partial charge in [-0.1, -0.05) is 0 Å². The number of nitrogens with zero attached hydrogens (tertiary/aromatic N) is 22. The van der Waals surface area contributed by atoms with E-state index < -0.39 is 76.0 Å². The Kier molecular flexibility index (Phi) is 37.4. The summed E-state index contributed by atoms with van der Waals surface area (Å²) in [5, 5.41) is 66.1. The van der Waals surface area contributed by atoms with Gasteiger partial charge in [0.15, 0.2) is 30.0 Å². The van der Waals surface area contributed by atoms with Gasteiger partial charge in [-0.15, -0.1) is 45.3 Å². The average Bonchev–Trinajstić information content (AvgIpc) is 1.67. The van der Waals surface area contributed by atoms with E-state index in [0.717, 1.165) is 78.5 Å². The predicted molar refractivity (Wildman–Crippen MR) is 505 cm³/mol. The third kappa shape index (κ3) is 27.6. The number of carbonyl (C=O) groups is 5. The van der Waals surface area contributed by atoms with E-state index in [1.165, 1.54) is 142 Å². The van der Waals surface area contributed by atoms with Crippen molar-refractivity contribution in [1.82, 2.24) is 119 Å². The molecule has 145 heavy (non-hydrogen) atoms. The second-order valence-corrected chi connectivity index (χ2v) is 37.5. The Morgan fingerprint density at radius 1 is 0.428 bits per heavy atom. The Hall–Kier alpha value is -12.1. The zero-order valence-corrected chi connectivity index (χ0v) is 86.7. The molecular formula is C87H86F4N28Na2O18P2S4. The molecule has 46 nitrogen and oxygen atoms in total. The van der Waals surface area contributed by atoms with Crippen LogP contribution in [0.3, 0.4) is 0 Å². The van der Waals surface area contributed by atoms with Crippen molar-refractivity contribution in [2.24, 2.45) is 0 Å². The minimum absolute atomic E-state index is 0. The van der Waals surface area contributed by atoms with Crippen molar-refractivity contribution in [2.75, 3.05) is 47.7 Å². The molecule has 16 heterocycles. The summed E-state index contributed by atoms with van der Waals surface area (Å²) in [5.74, 6) is -4.04. The summed E-state index contributed by atoms with van der Waals surface area (Å²) in [4.78, 5) is 133. The number of aromatic amines is 2. The molecule has 4 fully saturated rings. The van der Waals surface area contributed by atoms with Gasteiger partial charge in [0.25, 0.3) is 30.1 Å². The molecule has 0 spiro atoms. The molecule has 746 valence electrons. The van der Waals surface area contributed by atoms with Crippen molar-refractivity contribution in [1.29, 1.82) is 0 Å². The van der Waals surface area contributed by atoms with Gasteiger partial charge in [-0.25, -0.2) is 51.4 Å². The van der Waals surface area contributed by atoms with Crippen LogP contribution in [0.2, 0.25) is 0 Å². The second-order valence-electron chi connectivity index (χ2n) is 31.7. The first kappa shape index (κ1) is 109. The third-order valence-electron chi connectivity index (χ3n) is 22.1. The minimum Gasteiger partial charge on any atom is -0.790 e. The third-order valence-corrected chi connectivity index (χ3v) is 26.6. The van der Waals surface area contributed by atoms with Gasteiger partial charge < -0.3 is 74.0 Å². The zero-order valence-electron chi connectivity index (χ0n) is 77.6. The van der Waals surface area contributed by atoms with Crippen LogP contribution in [0.4, 0.5) is 40.3 Å². The Morgan fingerprint density at radius 2 is 0.690 bits per heavy atom. The molecule has 0 radical (unpaired) electrons. The van der Waals surface area contributed by atoms with Gasteiger partial charge in [0.1, 0.15) is 95.1 Å². The fourth-order valence-electron chi connectivity index (χ4n) is 15.0. The molecule has 0 saturated heterocycles. The molecule has 0 aliphatic heterocycles. The number of rotatable bonds is 34. The van der Waals surface area contributed by atoms with E-state index in [-0.39, 0.29) is 188 Å². The molecule has 58 heteroatoms. The van der Waals surface area contributed by atoms with Crippen LogP contribution in [0, 0.1) is 23.3 Å². The fraction of sp³-hybridized carbons (Fsp3) is 0.299. The first-order valence-electron chi connectivity index (χ1n) is 43.9. The number of carboxylic acid groups (broad SMARTS) is 1. The molecule has 16 aromatic rings. The summed E-state index contributed by atoms with van der Waals surface area (Å²) in [7, 11) is -9.79. The van der Waals surface area contributed by atoms with E-state index in [2.05, 4.69) is 121 Å². The predicted octanol–water partition coefficient (Wildman–Crippen LogP) is 7.22. The number of H-pyrrole nitrogens is 2. The van der Waals surface area contributed by atoms with Crippen LogP contribution in [0.1, 0.15) is 145 Å². The molecule has 0 unspecified atom stereocenters. The molecule has 20 rings (SSSR count). The van der Waals surface area contributed by atoms with E-state index in [9.17, 15) is 55.7 Å². The number of phosphoric acid groups is 2. The van der Waals surface area contributed by atoms with E-state index in [1.54, 1.807) is 84.4 Å². The van der Waals surface area contributed by atoms with Crippen LogP contribution in [-0.4, -0.2) is 215 Å². The molecule has 0 bridgehead atoms. The number of aromatic nitrogens is 24. The van der Waals surface area contributed by atoms with Crippen molar-refractivity contribution in [2.45, 2.75) is 141 Å². The van der Waals surface area contributed by atoms with Gasteiger partial charge in [0, 0.05) is 145 Å². The summed E-state index contributed by atoms with van der Waals surface area (Å²) < 4.78 is 120. The number of anilines is 4. The van der Waals surface area contributed by atoms with E-state index in [4.69, 9.17) is 38.6 Å². The van der Waals surface area contributed by atoms with Crippen molar-refractivity contribution in [3.05, 3.63) is 215 Å². The number of hydrogen-bond donors (Lipinski definition) is 9. The standard InChI is InChI=1S/2C22H23FN7O6PS.2C21H20FN7O2S.CH2O2.2Na/c2*1-2-35-15-6-14(7-15)30-10-17(20(28-30)19-16(23)4-3-5-24-19)26-21(31)18-11-38-22(27-18)13-8-25-29(9-13)12-36-37(32,33)34;2*1-2-31-14-6-13(7-14)29-10-16(19(28-29)18-15(22)4-3-5-23-18)26-20(30)17-11-32-21(27-17)12-8-24-25-9-12;2-1-3;;/h2*3-5,8-11,14-15H,2,6-7,12H2,1H3,(H,26,31)(H2,32,33,34);2*3-5,8-11,13-14H,2,6-7H2,1H3,(H,24,25)(H,26,30);1H,(H,2,3);;/q;;;;;2*+1/p-2. The van der Waals surface area contributed by atoms with Crippen LogP contribution in [0.15, 0.2) is 169 Å². The van der Waals surface area contributed by atoms with Gasteiger partial charge in [-0.05, 0) is 128 Å². The molecule has 4 saturated carbocycles. The van der Waals surface area contributed by atoms with Gasteiger partial charge in [0.2, 0.25) is 0 Å². The van der Waals surface area contributed by atoms with Crippen LogP contribution in [-0.2, 0) is 55.4 Å². The first-order valence-corrected chi connectivity index (χ1v) is 50.4. The topological polar surface area (TPSA) is 597 Å². The number of phosphoric ester groups is 2. The number of hydrogen-bond acceptors (Lipinski definition) is 35. The van der Waals surface area contributed by atoms with Gasteiger partial charge in [0.05, 0.1) is 104 Å².